The van der Waals surface area contributed by atoms with Crippen LogP contribution in [0.3, 0.4) is 0 Å². The van der Waals surface area contributed by atoms with Crippen molar-refractivity contribution in [2.75, 3.05) is 0 Å². The second kappa shape index (κ2) is 5.66. The van der Waals surface area contributed by atoms with E-state index in [0.29, 0.717) is 0 Å². The van der Waals surface area contributed by atoms with E-state index in [1.54, 1.807) is 0 Å². The van der Waals surface area contributed by atoms with Crippen LogP contribution >= 0.6 is 31.9 Å². The molecule has 80 valence electrons. The molecular formula is C13H14Br2. The predicted molar refractivity (Wildman–Crippen MR) is 75.1 cm³/mol. The van der Waals surface area contributed by atoms with Crippen molar-refractivity contribution in [3.05, 3.63) is 49.9 Å². The molecule has 1 aromatic carbocycles. The smallest absolute Gasteiger partial charge is 0.0248 e. The molecule has 0 bridgehead atoms. The molecule has 0 atom stereocenters. The number of benzene rings is 1. The Hall–Kier alpha value is -0.340. The van der Waals surface area contributed by atoms with Crippen LogP contribution in [0, 0.1) is 0 Å². The van der Waals surface area contributed by atoms with E-state index >= 15 is 0 Å². The molecule has 0 saturated carbocycles. The molecule has 1 aromatic rings. The molecule has 0 aliphatic heterocycles. The molecule has 1 rings (SSSR count). The molecule has 0 heterocycles. The third-order valence-electron chi connectivity index (χ3n) is 2.30. The van der Waals surface area contributed by atoms with Crippen LogP contribution in [0.25, 0.3) is 6.08 Å². The Balaban J connectivity index is 3.09. The molecule has 0 fully saturated rings. The highest BCUT2D eigenvalue weighted by molar-refractivity contribution is 9.12. The summed E-state index contributed by atoms with van der Waals surface area (Å²) < 4.78 is 2.25. The minimum absolute atomic E-state index is 1.11. The first-order valence-corrected chi connectivity index (χ1v) is 6.37. The maximum absolute atomic E-state index is 3.60. The van der Waals surface area contributed by atoms with Crippen LogP contribution in [0.2, 0.25) is 0 Å². The van der Waals surface area contributed by atoms with Crippen molar-refractivity contribution in [2.45, 2.75) is 20.8 Å². The van der Waals surface area contributed by atoms with Crippen molar-refractivity contribution in [1.82, 2.24) is 0 Å². The highest BCUT2D eigenvalue weighted by Crippen LogP contribution is 2.26. The van der Waals surface area contributed by atoms with Gasteiger partial charge in [0.15, 0.2) is 0 Å². The Morgan fingerprint density at radius 2 is 1.73 bits per heavy atom. The summed E-state index contributed by atoms with van der Waals surface area (Å²) >= 11 is 7.13. The largest absolute Gasteiger partial charge is 0.0724 e. The molecule has 0 aliphatic rings. The lowest BCUT2D eigenvalue weighted by molar-refractivity contribution is 1.29. The van der Waals surface area contributed by atoms with Gasteiger partial charge >= 0.3 is 0 Å². The van der Waals surface area contributed by atoms with E-state index in [1.165, 1.54) is 16.7 Å². The highest BCUT2D eigenvalue weighted by Gasteiger charge is 2.00. The molecule has 0 amide bonds. The summed E-state index contributed by atoms with van der Waals surface area (Å²) in [6.07, 6.45) is 2.13. The van der Waals surface area contributed by atoms with Crippen LogP contribution < -0.4 is 0 Å². The SMILES string of the molecule is CC(C)=C(C)/C(Br)=C\c1ccccc1Br. The van der Waals surface area contributed by atoms with Crippen LogP contribution in [0.15, 0.2) is 44.4 Å². The maximum atomic E-state index is 3.60. The van der Waals surface area contributed by atoms with Gasteiger partial charge in [0.05, 0.1) is 0 Å². The topological polar surface area (TPSA) is 0 Å². The van der Waals surface area contributed by atoms with E-state index in [9.17, 15) is 0 Å². The third kappa shape index (κ3) is 3.62. The standard InChI is InChI=1S/C13H14Br2/c1-9(2)10(3)13(15)8-11-6-4-5-7-12(11)14/h4-8H,1-3H3/b13-8+. The van der Waals surface area contributed by atoms with Gasteiger partial charge in [0.1, 0.15) is 0 Å². The number of rotatable bonds is 2. The Kier molecular flexibility index (Phi) is 4.81. The minimum atomic E-state index is 1.11. The van der Waals surface area contributed by atoms with Crippen LogP contribution in [0.4, 0.5) is 0 Å². The molecule has 0 N–H and O–H groups in total. The molecule has 0 nitrogen and oxygen atoms in total. The van der Waals surface area contributed by atoms with Crippen molar-refractivity contribution in [1.29, 1.82) is 0 Å². The average molecular weight is 330 g/mol. The van der Waals surface area contributed by atoms with E-state index in [-0.39, 0.29) is 0 Å². The molecule has 15 heavy (non-hydrogen) atoms. The van der Waals surface area contributed by atoms with Gasteiger partial charge in [-0.1, -0.05) is 55.6 Å². The van der Waals surface area contributed by atoms with Gasteiger partial charge in [-0.15, -0.1) is 0 Å². The normalized spacial score (nSPS) is 11.4. The van der Waals surface area contributed by atoms with Gasteiger partial charge in [-0.3, -0.25) is 0 Å². The fourth-order valence-corrected chi connectivity index (χ4v) is 2.12. The monoisotopic (exact) mass is 328 g/mol. The molecule has 0 unspecified atom stereocenters. The third-order valence-corrected chi connectivity index (χ3v) is 3.84. The first-order chi connectivity index (χ1) is 7.02. The first-order valence-electron chi connectivity index (χ1n) is 4.78. The van der Waals surface area contributed by atoms with Gasteiger partial charge in [0.2, 0.25) is 0 Å². The van der Waals surface area contributed by atoms with Gasteiger partial charge in [-0.05, 0) is 44.1 Å². The Morgan fingerprint density at radius 3 is 2.27 bits per heavy atom. The summed E-state index contributed by atoms with van der Waals surface area (Å²) in [6.45, 7) is 6.35. The zero-order chi connectivity index (χ0) is 11.4. The number of halogens is 2. The summed E-state index contributed by atoms with van der Waals surface area (Å²) in [4.78, 5) is 0. The number of allylic oxidation sites excluding steroid dienone is 3. The van der Waals surface area contributed by atoms with Crippen molar-refractivity contribution in [3.8, 4) is 0 Å². The molecule has 0 radical (unpaired) electrons. The van der Waals surface area contributed by atoms with E-state index in [4.69, 9.17) is 0 Å². The molecule has 0 saturated heterocycles. The van der Waals surface area contributed by atoms with Crippen LogP contribution in [-0.2, 0) is 0 Å². The van der Waals surface area contributed by atoms with Crippen molar-refractivity contribution >= 4 is 37.9 Å². The van der Waals surface area contributed by atoms with E-state index in [2.05, 4.69) is 64.8 Å². The lowest BCUT2D eigenvalue weighted by atomic mass is 10.1. The van der Waals surface area contributed by atoms with Crippen molar-refractivity contribution in [3.63, 3.8) is 0 Å². The van der Waals surface area contributed by atoms with Gasteiger partial charge in [0.25, 0.3) is 0 Å². The lowest BCUT2D eigenvalue weighted by Crippen LogP contribution is -1.81. The number of hydrogen-bond acceptors (Lipinski definition) is 0. The summed E-state index contributed by atoms with van der Waals surface area (Å²) in [5.74, 6) is 0. The van der Waals surface area contributed by atoms with Crippen molar-refractivity contribution < 1.29 is 0 Å². The fourth-order valence-electron chi connectivity index (χ4n) is 1.08. The fraction of sp³-hybridized carbons (Fsp3) is 0.231. The highest BCUT2D eigenvalue weighted by atomic mass is 79.9. The molecular weight excluding hydrogens is 316 g/mol. The number of hydrogen-bond donors (Lipinski definition) is 0. The minimum Gasteiger partial charge on any atom is -0.0724 e. The quantitative estimate of drug-likeness (QED) is 0.625. The maximum Gasteiger partial charge on any atom is 0.0248 e. The van der Waals surface area contributed by atoms with E-state index in [0.717, 1.165) is 8.96 Å². The zero-order valence-electron chi connectivity index (χ0n) is 9.14. The van der Waals surface area contributed by atoms with Crippen LogP contribution in [0.5, 0.6) is 0 Å². The predicted octanol–water partition coefficient (Wildman–Crippen LogP) is 5.54. The molecule has 0 spiro atoms. The van der Waals surface area contributed by atoms with E-state index in [1.807, 2.05) is 18.2 Å². The second-order valence-electron chi connectivity index (χ2n) is 3.64. The lowest BCUT2D eigenvalue weighted by Gasteiger charge is -2.04. The van der Waals surface area contributed by atoms with Crippen LogP contribution in [0.1, 0.15) is 26.3 Å². The molecule has 0 aliphatic carbocycles. The Morgan fingerprint density at radius 1 is 1.13 bits per heavy atom. The van der Waals surface area contributed by atoms with Gasteiger partial charge in [0, 0.05) is 8.96 Å². The Labute approximate surface area is 108 Å². The molecule has 0 aromatic heterocycles. The summed E-state index contributed by atoms with van der Waals surface area (Å²) in [5.41, 5.74) is 3.79. The average Bonchev–Trinajstić information content (AvgIpc) is 2.20. The van der Waals surface area contributed by atoms with Crippen LogP contribution in [-0.4, -0.2) is 0 Å². The summed E-state index contributed by atoms with van der Waals surface area (Å²) in [5, 5.41) is 0. The summed E-state index contributed by atoms with van der Waals surface area (Å²) in [7, 11) is 0. The molecule has 2 heteroatoms. The second-order valence-corrected chi connectivity index (χ2v) is 5.35. The Bertz CT molecular complexity index is 410. The van der Waals surface area contributed by atoms with E-state index < -0.39 is 0 Å². The van der Waals surface area contributed by atoms with Gasteiger partial charge < -0.3 is 0 Å². The first kappa shape index (κ1) is 12.7. The zero-order valence-corrected chi connectivity index (χ0v) is 12.3. The summed E-state index contributed by atoms with van der Waals surface area (Å²) in [6, 6.07) is 8.19. The van der Waals surface area contributed by atoms with Crippen molar-refractivity contribution in [2.24, 2.45) is 0 Å². The van der Waals surface area contributed by atoms with Gasteiger partial charge in [-0.2, -0.15) is 0 Å². The van der Waals surface area contributed by atoms with Gasteiger partial charge in [-0.25, -0.2) is 0 Å².